The number of sulfone groups is 1. The molecule has 0 fully saturated rings. The third-order valence-electron chi connectivity index (χ3n) is 6.20. The predicted molar refractivity (Wildman–Crippen MR) is 118 cm³/mol. The molecule has 1 N–H and O–H groups in total. The second-order valence-corrected chi connectivity index (χ2v) is 10.9. The number of benzene rings is 2. The topological polar surface area (TPSA) is 76.2 Å². The van der Waals surface area contributed by atoms with Crippen LogP contribution in [0, 0.1) is 5.92 Å². The van der Waals surface area contributed by atoms with Crippen molar-refractivity contribution < 1.29 is 17.9 Å². The van der Waals surface area contributed by atoms with Gasteiger partial charge in [-0.3, -0.25) is 4.79 Å². The van der Waals surface area contributed by atoms with Crippen molar-refractivity contribution in [1.29, 1.82) is 0 Å². The van der Waals surface area contributed by atoms with Gasteiger partial charge in [0, 0.05) is 21.6 Å². The molecular formula is C22H21Cl2NO4S. The summed E-state index contributed by atoms with van der Waals surface area (Å²) >= 11 is 12.4. The van der Waals surface area contributed by atoms with E-state index in [1.54, 1.807) is 12.1 Å². The quantitative estimate of drug-likeness (QED) is 0.550. The number of hydrogen-bond acceptors (Lipinski definition) is 4. The minimum absolute atomic E-state index is 0.0613. The maximum absolute atomic E-state index is 13.7. The summed E-state index contributed by atoms with van der Waals surface area (Å²) in [6.07, 6.45) is 1.55. The maximum atomic E-state index is 13.7. The third-order valence-corrected chi connectivity index (χ3v) is 9.43. The third kappa shape index (κ3) is 3.13. The number of aromatic amines is 1. The van der Waals surface area contributed by atoms with Gasteiger partial charge in [-0.15, -0.1) is 0 Å². The second kappa shape index (κ2) is 7.59. The second-order valence-electron chi connectivity index (χ2n) is 7.74. The minimum atomic E-state index is -4.12. The Kier molecular flexibility index (Phi) is 5.37. The number of fused-ring (bicyclic) bond motifs is 3. The van der Waals surface area contributed by atoms with E-state index in [1.165, 1.54) is 26.2 Å². The highest BCUT2D eigenvalue weighted by Gasteiger charge is 2.55. The van der Waals surface area contributed by atoms with Crippen LogP contribution in [-0.2, 0) is 32.2 Å². The molecule has 2 atom stereocenters. The molecule has 1 aromatic heterocycles. The molecule has 3 aromatic rings. The number of carbonyl (C=O) groups excluding carboxylic acids is 1. The fraction of sp³-hybridized carbons (Fsp3) is 0.318. The van der Waals surface area contributed by atoms with E-state index in [0.29, 0.717) is 24.3 Å². The summed E-state index contributed by atoms with van der Waals surface area (Å²) in [4.78, 5) is 16.2. The minimum Gasteiger partial charge on any atom is -0.468 e. The largest absolute Gasteiger partial charge is 0.468 e. The molecule has 2 unspecified atom stereocenters. The lowest BCUT2D eigenvalue weighted by Gasteiger charge is -2.37. The Hall–Kier alpha value is -2.02. The summed E-state index contributed by atoms with van der Waals surface area (Å²) in [5.41, 5.74) is 2.98. The van der Waals surface area contributed by atoms with Gasteiger partial charge in [0.25, 0.3) is 0 Å². The molecule has 8 heteroatoms. The van der Waals surface area contributed by atoms with Crippen LogP contribution >= 0.6 is 23.2 Å². The van der Waals surface area contributed by atoms with Crippen LogP contribution in [0.5, 0.6) is 0 Å². The zero-order valence-corrected chi connectivity index (χ0v) is 18.9. The van der Waals surface area contributed by atoms with Crippen molar-refractivity contribution >= 4 is 49.9 Å². The smallest absolute Gasteiger partial charge is 0.327 e. The molecule has 1 heterocycles. The Bertz CT molecular complexity index is 1250. The van der Waals surface area contributed by atoms with Gasteiger partial charge in [-0.2, -0.15) is 0 Å². The number of hydrogen-bond donors (Lipinski definition) is 1. The van der Waals surface area contributed by atoms with Crippen molar-refractivity contribution in [2.75, 3.05) is 7.11 Å². The highest BCUT2D eigenvalue weighted by atomic mass is 35.5. The van der Waals surface area contributed by atoms with E-state index >= 15 is 0 Å². The molecule has 1 aliphatic rings. The summed E-state index contributed by atoms with van der Waals surface area (Å²) in [7, 11) is -2.91. The van der Waals surface area contributed by atoms with Crippen LogP contribution in [0.25, 0.3) is 10.9 Å². The average Bonchev–Trinajstić information content (AvgIpc) is 3.09. The van der Waals surface area contributed by atoms with E-state index in [-0.39, 0.29) is 9.92 Å². The van der Waals surface area contributed by atoms with E-state index in [2.05, 4.69) is 4.98 Å². The number of halogens is 2. The van der Waals surface area contributed by atoms with Crippen molar-refractivity contribution in [1.82, 2.24) is 4.98 Å². The molecule has 5 nitrogen and oxygen atoms in total. The number of H-pyrrole nitrogens is 1. The molecule has 4 rings (SSSR count). The number of esters is 1. The van der Waals surface area contributed by atoms with Crippen molar-refractivity contribution in [3.63, 3.8) is 0 Å². The molecule has 0 aliphatic heterocycles. The molecule has 0 radical (unpaired) electrons. The first-order chi connectivity index (χ1) is 14.2. The van der Waals surface area contributed by atoms with Crippen LogP contribution in [0.3, 0.4) is 0 Å². The predicted octanol–water partition coefficient (Wildman–Crippen LogP) is 4.99. The van der Waals surface area contributed by atoms with Gasteiger partial charge in [0.05, 0.1) is 17.0 Å². The lowest BCUT2D eigenvalue weighted by Crippen LogP contribution is -2.52. The Morgan fingerprint density at radius 2 is 1.93 bits per heavy atom. The fourth-order valence-electron chi connectivity index (χ4n) is 4.46. The monoisotopic (exact) mass is 465 g/mol. The van der Waals surface area contributed by atoms with Gasteiger partial charge >= 0.3 is 5.97 Å². The van der Waals surface area contributed by atoms with Crippen LogP contribution in [-0.4, -0.2) is 31.2 Å². The number of methoxy groups -OCH3 is 1. The number of ether oxygens (including phenoxy) is 1. The van der Waals surface area contributed by atoms with Crippen molar-refractivity contribution in [3.8, 4) is 0 Å². The highest BCUT2D eigenvalue weighted by Crippen LogP contribution is 2.43. The van der Waals surface area contributed by atoms with E-state index < -0.39 is 26.5 Å². The van der Waals surface area contributed by atoms with Crippen molar-refractivity contribution in [3.05, 3.63) is 63.8 Å². The van der Waals surface area contributed by atoms with Crippen LogP contribution in [0.4, 0.5) is 0 Å². The molecule has 0 bridgehead atoms. The Morgan fingerprint density at radius 3 is 2.63 bits per heavy atom. The zero-order chi connectivity index (χ0) is 21.7. The number of aromatic nitrogens is 1. The van der Waals surface area contributed by atoms with E-state index in [0.717, 1.165) is 22.2 Å². The lowest BCUT2D eigenvalue weighted by molar-refractivity contribution is -0.145. The molecule has 2 aromatic carbocycles. The maximum Gasteiger partial charge on any atom is 0.327 e. The number of carbonyl (C=O) groups is 1. The molecular weight excluding hydrogens is 445 g/mol. The van der Waals surface area contributed by atoms with Crippen molar-refractivity contribution in [2.45, 2.75) is 35.8 Å². The molecule has 0 saturated heterocycles. The molecule has 0 saturated carbocycles. The van der Waals surface area contributed by atoms with Gasteiger partial charge in [-0.25, -0.2) is 8.42 Å². The fourth-order valence-corrected chi connectivity index (χ4v) is 7.06. The number of aryl methyl sites for hydroxylation is 1. The van der Waals surface area contributed by atoms with Gasteiger partial charge in [0.15, 0.2) is 14.6 Å². The summed E-state index contributed by atoms with van der Waals surface area (Å²) in [6, 6.07) is 11.8. The molecule has 0 spiro atoms. The summed E-state index contributed by atoms with van der Waals surface area (Å²) in [5.74, 6) is -1.27. The Balaban J connectivity index is 1.82. The first kappa shape index (κ1) is 21.2. The summed E-state index contributed by atoms with van der Waals surface area (Å²) in [6.45, 7) is 1.45. The van der Waals surface area contributed by atoms with Crippen LogP contribution < -0.4 is 0 Å². The Labute approximate surface area is 185 Å². The number of nitrogens with one attached hydrogen (secondary N) is 1. The van der Waals surface area contributed by atoms with Crippen molar-refractivity contribution in [2.24, 2.45) is 5.92 Å². The van der Waals surface area contributed by atoms with Gasteiger partial charge < -0.3 is 9.72 Å². The highest BCUT2D eigenvalue weighted by molar-refractivity contribution is 7.93. The molecule has 1 aliphatic carbocycles. The zero-order valence-electron chi connectivity index (χ0n) is 16.5. The van der Waals surface area contributed by atoms with Crippen LogP contribution in [0.15, 0.2) is 47.4 Å². The lowest BCUT2D eigenvalue weighted by atomic mass is 9.79. The van der Waals surface area contributed by atoms with Gasteiger partial charge in [0.2, 0.25) is 0 Å². The first-order valence-corrected chi connectivity index (χ1v) is 11.8. The average molecular weight is 466 g/mol. The molecule has 30 heavy (non-hydrogen) atoms. The summed E-state index contributed by atoms with van der Waals surface area (Å²) in [5, 5.41) is 1.76. The standard InChI is InChI=1S/C22H21Cl2NO4S/c1-22(21(26)29-2,30(27,28)20-6-4-3-5-17(20)24)13-7-9-15-16-12-14(23)8-10-18(16)25-19(15)11-13/h3-6,8,10,12-13,25H,7,9,11H2,1-2H3. The SMILES string of the molecule is COC(=O)C(C)(C1CCc2c([nH]c3ccc(Cl)cc23)C1)S(=O)(=O)c1ccccc1Cl. The molecule has 158 valence electrons. The van der Waals surface area contributed by atoms with Crippen LogP contribution in [0.2, 0.25) is 10.0 Å². The Morgan fingerprint density at radius 1 is 1.20 bits per heavy atom. The van der Waals surface area contributed by atoms with Gasteiger partial charge in [-0.05, 0) is 68.0 Å². The number of rotatable bonds is 4. The first-order valence-electron chi connectivity index (χ1n) is 9.56. The summed E-state index contributed by atoms with van der Waals surface area (Å²) < 4.78 is 30.6. The molecule has 0 amide bonds. The van der Waals surface area contributed by atoms with E-state index in [4.69, 9.17) is 27.9 Å². The van der Waals surface area contributed by atoms with Gasteiger partial charge in [0.1, 0.15) is 0 Å². The van der Waals surface area contributed by atoms with Crippen LogP contribution in [0.1, 0.15) is 24.6 Å². The normalized spacial score (nSPS) is 18.6. The van der Waals surface area contributed by atoms with Gasteiger partial charge in [-0.1, -0.05) is 35.3 Å². The van der Waals surface area contributed by atoms with E-state index in [1.807, 2.05) is 18.2 Å². The van der Waals surface area contributed by atoms with E-state index in [9.17, 15) is 13.2 Å².